The molecule has 0 amide bonds. The molecule has 1 heterocycles. The van der Waals surface area contributed by atoms with Crippen molar-refractivity contribution in [3.63, 3.8) is 0 Å². The first kappa shape index (κ1) is 22.5. The van der Waals surface area contributed by atoms with Crippen molar-refractivity contribution < 1.29 is 40.3 Å². The van der Waals surface area contributed by atoms with Crippen LogP contribution in [0.3, 0.4) is 0 Å². The molecule has 0 aromatic heterocycles. The van der Waals surface area contributed by atoms with Gasteiger partial charge in [-0.1, -0.05) is 12.1 Å². The summed E-state index contributed by atoms with van der Waals surface area (Å²) in [5.74, 6) is -0.444. The fraction of sp³-hybridized carbons (Fsp3) is 0.400. The maximum atomic E-state index is 13.2. The largest absolute Gasteiger partial charge is 0.416 e. The van der Waals surface area contributed by atoms with Crippen LogP contribution in [0.15, 0.2) is 42.5 Å². The van der Waals surface area contributed by atoms with E-state index in [9.17, 15) is 30.7 Å². The van der Waals surface area contributed by atoms with Crippen LogP contribution in [-0.4, -0.2) is 24.8 Å². The van der Waals surface area contributed by atoms with E-state index >= 15 is 0 Å². The Labute approximate surface area is 168 Å². The van der Waals surface area contributed by atoms with E-state index in [4.69, 9.17) is 9.57 Å². The smallest absolute Gasteiger partial charge is 0.378 e. The second-order valence-corrected chi connectivity index (χ2v) is 6.87. The summed E-state index contributed by atoms with van der Waals surface area (Å²) in [6.45, 7) is 2.04. The molecule has 2 atom stereocenters. The molecule has 0 N–H and O–H groups in total. The number of ether oxygens (including phenoxy) is 1. The predicted molar refractivity (Wildman–Crippen MR) is 92.6 cm³/mol. The van der Waals surface area contributed by atoms with Crippen LogP contribution < -0.4 is 0 Å². The van der Waals surface area contributed by atoms with Crippen molar-refractivity contribution in [2.75, 3.05) is 19.8 Å². The zero-order valence-electron chi connectivity index (χ0n) is 15.7. The minimum absolute atomic E-state index is 0.0757. The van der Waals surface area contributed by atoms with E-state index in [-0.39, 0.29) is 31.4 Å². The number of hydrogen-bond acceptors (Lipinski definition) is 3. The van der Waals surface area contributed by atoms with Gasteiger partial charge in [-0.05, 0) is 48.4 Å². The molecule has 2 aromatic carbocycles. The van der Waals surface area contributed by atoms with Crippen molar-refractivity contribution in [1.29, 1.82) is 0 Å². The molecule has 3 rings (SSSR count). The van der Waals surface area contributed by atoms with Crippen molar-refractivity contribution >= 4 is 0 Å². The number of alkyl halides is 6. The van der Waals surface area contributed by atoms with Gasteiger partial charge in [-0.2, -0.15) is 31.4 Å². The van der Waals surface area contributed by atoms with Gasteiger partial charge in [0.25, 0.3) is 0 Å². The summed E-state index contributed by atoms with van der Waals surface area (Å²) in [4.78, 5) is 5.73. The molecule has 0 radical (unpaired) electrons. The van der Waals surface area contributed by atoms with Crippen LogP contribution in [0.25, 0.3) is 0 Å². The van der Waals surface area contributed by atoms with E-state index in [1.54, 1.807) is 0 Å². The summed E-state index contributed by atoms with van der Waals surface area (Å²) in [6, 6.07) is 6.40. The van der Waals surface area contributed by atoms with Gasteiger partial charge in [0.05, 0.1) is 30.4 Å². The SMILES string of the molecule is CC(ON1CCOCC1c1ccc(F)cc1)c1cc(C(F)(F)F)cc(C(F)(F)F)c1. The Morgan fingerprint density at radius 1 is 0.967 bits per heavy atom. The lowest BCUT2D eigenvalue weighted by Gasteiger charge is -2.36. The standard InChI is InChI=1S/C20H18F7NO2/c1-12(14-8-15(19(22,23)24)10-16(9-14)20(25,26)27)30-28-6-7-29-11-18(28)13-2-4-17(21)5-3-13/h2-5,8-10,12,18H,6-7,11H2,1H3. The van der Waals surface area contributed by atoms with Crippen LogP contribution in [0.4, 0.5) is 30.7 Å². The number of rotatable bonds is 4. The van der Waals surface area contributed by atoms with Gasteiger partial charge < -0.3 is 4.74 Å². The highest BCUT2D eigenvalue weighted by Crippen LogP contribution is 2.38. The van der Waals surface area contributed by atoms with Crippen molar-refractivity contribution in [2.45, 2.75) is 31.4 Å². The quantitative estimate of drug-likeness (QED) is 0.554. The monoisotopic (exact) mass is 437 g/mol. The second kappa shape index (κ2) is 8.52. The molecular weight excluding hydrogens is 419 g/mol. The van der Waals surface area contributed by atoms with Crippen LogP contribution in [0.2, 0.25) is 0 Å². The third kappa shape index (κ3) is 5.30. The van der Waals surface area contributed by atoms with Crippen molar-refractivity contribution in [3.8, 4) is 0 Å². The Kier molecular flexibility index (Phi) is 6.40. The van der Waals surface area contributed by atoms with Crippen molar-refractivity contribution in [1.82, 2.24) is 5.06 Å². The molecule has 0 bridgehead atoms. The average molecular weight is 437 g/mol. The van der Waals surface area contributed by atoms with E-state index in [2.05, 4.69) is 0 Å². The summed E-state index contributed by atoms with van der Waals surface area (Å²) in [7, 11) is 0. The van der Waals surface area contributed by atoms with E-state index in [1.165, 1.54) is 36.3 Å². The predicted octanol–water partition coefficient (Wildman–Crippen LogP) is 5.93. The molecule has 1 fully saturated rings. The Hall–Kier alpha value is -2.17. The van der Waals surface area contributed by atoms with Gasteiger partial charge in [-0.15, -0.1) is 0 Å². The zero-order valence-corrected chi connectivity index (χ0v) is 15.7. The highest BCUT2D eigenvalue weighted by atomic mass is 19.4. The van der Waals surface area contributed by atoms with Crippen LogP contribution in [0.5, 0.6) is 0 Å². The maximum Gasteiger partial charge on any atom is 0.416 e. The molecule has 164 valence electrons. The van der Waals surface area contributed by atoms with E-state index in [1.807, 2.05) is 0 Å². The minimum Gasteiger partial charge on any atom is -0.378 e. The van der Waals surface area contributed by atoms with Crippen LogP contribution >= 0.6 is 0 Å². The topological polar surface area (TPSA) is 21.7 Å². The number of benzene rings is 2. The lowest BCUT2D eigenvalue weighted by atomic mass is 10.0. The fourth-order valence-corrected chi connectivity index (χ4v) is 3.14. The van der Waals surface area contributed by atoms with Gasteiger partial charge in [0, 0.05) is 6.54 Å². The summed E-state index contributed by atoms with van der Waals surface area (Å²) < 4.78 is 97.2. The molecule has 1 aliphatic heterocycles. The summed E-state index contributed by atoms with van der Waals surface area (Å²) in [5.41, 5.74) is -2.43. The van der Waals surface area contributed by atoms with Gasteiger partial charge >= 0.3 is 12.4 Å². The molecule has 2 unspecified atom stereocenters. The van der Waals surface area contributed by atoms with E-state index < -0.39 is 41.4 Å². The third-order valence-electron chi connectivity index (χ3n) is 4.71. The van der Waals surface area contributed by atoms with Crippen LogP contribution in [0, 0.1) is 5.82 Å². The molecule has 3 nitrogen and oxygen atoms in total. The van der Waals surface area contributed by atoms with Gasteiger partial charge in [0.15, 0.2) is 0 Å². The average Bonchev–Trinajstić information content (AvgIpc) is 2.67. The molecule has 0 saturated carbocycles. The number of hydroxylamine groups is 2. The van der Waals surface area contributed by atoms with Gasteiger partial charge in [-0.3, -0.25) is 4.84 Å². The van der Waals surface area contributed by atoms with Crippen LogP contribution in [-0.2, 0) is 21.9 Å². The molecule has 0 spiro atoms. The Morgan fingerprint density at radius 2 is 1.53 bits per heavy atom. The zero-order chi connectivity index (χ0) is 22.1. The highest BCUT2D eigenvalue weighted by molar-refractivity contribution is 5.34. The first-order valence-corrected chi connectivity index (χ1v) is 9.01. The lowest BCUT2D eigenvalue weighted by molar-refractivity contribution is -0.253. The van der Waals surface area contributed by atoms with Crippen molar-refractivity contribution in [2.24, 2.45) is 0 Å². The third-order valence-corrected chi connectivity index (χ3v) is 4.71. The normalized spacial score (nSPS) is 19.7. The molecule has 1 aliphatic rings. The lowest BCUT2D eigenvalue weighted by Crippen LogP contribution is -2.40. The van der Waals surface area contributed by atoms with Gasteiger partial charge in [-0.25, -0.2) is 4.39 Å². The first-order chi connectivity index (χ1) is 13.9. The van der Waals surface area contributed by atoms with Gasteiger partial charge in [0.1, 0.15) is 11.9 Å². The summed E-state index contributed by atoms with van der Waals surface area (Å²) in [5, 5.41) is 1.44. The second-order valence-electron chi connectivity index (χ2n) is 6.87. The Morgan fingerprint density at radius 3 is 2.07 bits per heavy atom. The molecule has 30 heavy (non-hydrogen) atoms. The molecule has 0 aliphatic carbocycles. The number of halogens is 7. The summed E-state index contributed by atoms with van der Waals surface area (Å²) >= 11 is 0. The van der Waals surface area contributed by atoms with Gasteiger partial charge in [0.2, 0.25) is 0 Å². The molecule has 10 heteroatoms. The highest BCUT2D eigenvalue weighted by Gasteiger charge is 2.38. The van der Waals surface area contributed by atoms with E-state index in [0.717, 1.165) is 0 Å². The molecular formula is C20H18F7NO2. The number of hydrogen-bond donors (Lipinski definition) is 0. The Balaban J connectivity index is 1.88. The Bertz CT molecular complexity index is 833. The first-order valence-electron chi connectivity index (χ1n) is 9.01. The van der Waals surface area contributed by atoms with Crippen LogP contribution in [0.1, 0.15) is 41.3 Å². The maximum absolute atomic E-state index is 13.2. The minimum atomic E-state index is -4.94. The van der Waals surface area contributed by atoms with Crippen molar-refractivity contribution in [3.05, 3.63) is 70.5 Å². The summed E-state index contributed by atoms with van der Waals surface area (Å²) in [6.07, 6.45) is -11.0. The molecule has 1 saturated heterocycles. The number of morpholine rings is 1. The number of nitrogens with zero attached hydrogens (tertiary/aromatic N) is 1. The molecule has 2 aromatic rings. The fourth-order valence-electron chi connectivity index (χ4n) is 3.14. The van der Waals surface area contributed by atoms with E-state index in [0.29, 0.717) is 17.7 Å².